The van der Waals surface area contributed by atoms with Crippen LogP contribution < -0.4 is 15.3 Å². The zero-order valence-electron chi connectivity index (χ0n) is 15.3. The van der Waals surface area contributed by atoms with Gasteiger partial charge in [-0.05, 0) is 31.2 Å². The molecule has 2 amide bonds. The van der Waals surface area contributed by atoms with E-state index in [-0.39, 0.29) is 17.0 Å². The molecule has 7 nitrogen and oxygen atoms in total. The maximum Gasteiger partial charge on any atom is 0.285 e. The highest BCUT2D eigenvalue weighted by Gasteiger charge is 2.41. The summed E-state index contributed by atoms with van der Waals surface area (Å²) in [6.07, 6.45) is 0. The van der Waals surface area contributed by atoms with Gasteiger partial charge in [-0.15, -0.1) is 0 Å². The van der Waals surface area contributed by atoms with E-state index in [0.29, 0.717) is 21.3 Å². The Labute approximate surface area is 171 Å². The van der Waals surface area contributed by atoms with E-state index >= 15 is 0 Å². The Balaban J connectivity index is 1.88. The van der Waals surface area contributed by atoms with E-state index in [9.17, 15) is 14.9 Å². The van der Waals surface area contributed by atoms with Gasteiger partial charge >= 0.3 is 0 Å². The summed E-state index contributed by atoms with van der Waals surface area (Å²) in [5.41, 5.74) is 3.85. The molecule has 2 aliphatic heterocycles. The summed E-state index contributed by atoms with van der Waals surface area (Å²) in [4.78, 5) is 28.0. The lowest BCUT2D eigenvalue weighted by Gasteiger charge is -2.32. The number of anilines is 2. The van der Waals surface area contributed by atoms with Crippen molar-refractivity contribution in [3.63, 3.8) is 0 Å². The van der Waals surface area contributed by atoms with Crippen molar-refractivity contribution in [3.05, 3.63) is 81.7 Å². The van der Waals surface area contributed by atoms with Gasteiger partial charge in [0.1, 0.15) is 28.1 Å². The fraction of sp³-hybridized carbons (Fsp3) is 0.0476. The Kier molecular flexibility index (Phi) is 4.66. The number of rotatable bonds is 2. The lowest BCUT2D eigenvalue weighted by molar-refractivity contribution is -0.117. The van der Waals surface area contributed by atoms with Gasteiger partial charge in [-0.3, -0.25) is 25.3 Å². The Morgan fingerprint density at radius 1 is 1.00 bits per heavy atom. The zero-order chi connectivity index (χ0) is 20.5. The molecule has 2 aromatic rings. The van der Waals surface area contributed by atoms with Crippen molar-refractivity contribution in [3.8, 4) is 6.07 Å². The van der Waals surface area contributed by atoms with E-state index in [0.717, 1.165) is 11.8 Å². The first-order valence-corrected chi connectivity index (χ1v) is 9.52. The molecule has 0 atom stereocenters. The minimum absolute atomic E-state index is 0.0659. The molecular weight excluding hydrogens is 386 g/mol. The van der Waals surface area contributed by atoms with Crippen LogP contribution in [0.4, 0.5) is 11.4 Å². The summed E-state index contributed by atoms with van der Waals surface area (Å²) < 4.78 is 0. The molecular formula is C21H15N5O2S. The Morgan fingerprint density at radius 2 is 1.59 bits per heavy atom. The van der Waals surface area contributed by atoms with Gasteiger partial charge in [-0.2, -0.15) is 5.26 Å². The van der Waals surface area contributed by atoms with Crippen molar-refractivity contribution in [1.29, 1.82) is 10.7 Å². The number of nitriles is 1. The molecule has 29 heavy (non-hydrogen) atoms. The van der Waals surface area contributed by atoms with Crippen molar-refractivity contribution in [2.45, 2.75) is 6.92 Å². The predicted molar refractivity (Wildman–Crippen MR) is 112 cm³/mol. The summed E-state index contributed by atoms with van der Waals surface area (Å²) in [7, 11) is 0. The predicted octanol–water partition coefficient (Wildman–Crippen LogP) is 3.30. The third-order valence-electron chi connectivity index (χ3n) is 4.48. The SMILES string of the molecule is CC1=C(C#N)C(=N)N(c2ccccc2)/C(=C2/C(=O)NN(c3ccccc3)C2=O)S1. The van der Waals surface area contributed by atoms with Crippen molar-refractivity contribution in [2.75, 3.05) is 9.91 Å². The van der Waals surface area contributed by atoms with Crippen molar-refractivity contribution >= 4 is 40.8 Å². The second-order valence-electron chi connectivity index (χ2n) is 6.26. The van der Waals surface area contributed by atoms with Gasteiger partial charge in [0.15, 0.2) is 0 Å². The van der Waals surface area contributed by atoms with Gasteiger partial charge in [-0.25, -0.2) is 5.01 Å². The number of thioether (sulfide) groups is 1. The van der Waals surface area contributed by atoms with Crippen molar-refractivity contribution < 1.29 is 9.59 Å². The molecule has 2 aliphatic rings. The van der Waals surface area contributed by atoms with E-state index < -0.39 is 11.8 Å². The third kappa shape index (κ3) is 3.07. The number of carbonyl (C=O) groups is 2. The molecule has 2 N–H and O–H groups in total. The first-order chi connectivity index (χ1) is 14.0. The quantitative estimate of drug-likeness (QED) is 0.594. The maximum atomic E-state index is 13.2. The van der Waals surface area contributed by atoms with Gasteiger partial charge in [0, 0.05) is 10.6 Å². The van der Waals surface area contributed by atoms with Crippen LogP contribution >= 0.6 is 11.8 Å². The highest BCUT2D eigenvalue weighted by molar-refractivity contribution is 8.07. The number of carbonyl (C=O) groups excluding carboxylic acids is 2. The number of benzene rings is 2. The molecule has 0 aliphatic carbocycles. The number of nitrogens with one attached hydrogen (secondary N) is 2. The number of amidine groups is 1. The number of hydrogen-bond acceptors (Lipinski definition) is 5. The van der Waals surface area contributed by atoms with E-state index in [1.807, 2.05) is 18.2 Å². The van der Waals surface area contributed by atoms with Gasteiger partial charge in [0.05, 0.1) is 5.69 Å². The Morgan fingerprint density at radius 3 is 2.17 bits per heavy atom. The topological polar surface area (TPSA) is 100 Å². The number of hydrogen-bond donors (Lipinski definition) is 2. The van der Waals surface area contributed by atoms with Crippen LogP contribution in [0.2, 0.25) is 0 Å². The fourth-order valence-electron chi connectivity index (χ4n) is 3.10. The van der Waals surface area contributed by atoms with E-state index in [1.165, 1.54) is 9.91 Å². The molecule has 4 rings (SSSR count). The molecule has 2 heterocycles. The molecule has 142 valence electrons. The normalized spacial score (nSPS) is 19.5. The summed E-state index contributed by atoms with van der Waals surface area (Å²) in [5, 5.41) is 19.5. The zero-order valence-corrected chi connectivity index (χ0v) is 16.2. The molecule has 1 fully saturated rings. The molecule has 0 bridgehead atoms. The number of para-hydroxylation sites is 2. The first-order valence-electron chi connectivity index (χ1n) is 8.70. The number of allylic oxidation sites excluding steroid dienone is 1. The second-order valence-corrected chi connectivity index (χ2v) is 7.47. The number of hydrazine groups is 1. The smallest absolute Gasteiger partial charge is 0.285 e. The minimum atomic E-state index is -0.553. The molecule has 0 spiro atoms. The molecule has 2 aromatic carbocycles. The van der Waals surface area contributed by atoms with Crippen LogP contribution in [0.3, 0.4) is 0 Å². The summed E-state index contributed by atoms with van der Waals surface area (Å²) in [6, 6.07) is 19.8. The van der Waals surface area contributed by atoms with Crippen molar-refractivity contribution in [1.82, 2.24) is 5.43 Å². The van der Waals surface area contributed by atoms with Gasteiger partial charge < -0.3 is 0 Å². The molecule has 8 heteroatoms. The Hall–Kier alpha value is -3.83. The van der Waals surface area contributed by atoms with Gasteiger partial charge in [0.25, 0.3) is 11.8 Å². The largest absolute Gasteiger partial charge is 0.287 e. The van der Waals surface area contributed by atoms with Crippen LogP contribution in [0.25, 0.3) is 0 Å². The monoisotopic (exact) mass is 401 g/mol. The second kappa shape index (κ2) is 7.30. The number of amides is 2. The maximum absolute atomic E-state index is 13.2. The van der Waals surface area contributed by atoms with Gasteiger partial charge in [0.2, 0.25) is 0 Å². The third-order valence-corrected chi connectivity index (χ3v) is 5.57. The first kappa shape index (κ1) is 18.5. The Bertz CT molecular complexity index is 1130. The van der Waals surface area contributed by atoms with E-state index in [4.69, 9.17) is 5.41 Å². The summed E-state index contributed by atoms with van der Waals surface area (Å²) >= 11 is 1.14. The molecule has 0 aromatic heterocycles. The van der Waals surface area contributed by atoms with E-state index in [1.54, 1.807) is 55.5 Å². The van der Waals surface area contributed by atoms with Crippen molar-refractivity contribution in [2.24, 2.45) is 0 Å². The average Bonchev–Trinajstić information content (AvgIpc) is 3.03. The van der Waals surface area contributed by atoms with Crippen LogP contribution in [0.1, 0.15) is 6.92 Å². The minimum Gasteiger partial charge on any atom is -0.287 e. The fourth-order valence-corrected chi connectivity index (χ4v) is 4.21. The van der Waals surface area contributed by atoms with Crippen LogP contribution in [0.15, 0.2) is 81.7 Å². The van der Waals surface area contributed by atoms with E-state index in [2.05, 4.69) is 5.43 Å². The summed E-state index contributed by atoms with van der Waals surface area (Å²) in [5.74, 6) is -1.13. The average molecular weight is 401 g/mol. The van der Waals surface area contributed by atoms with Gasteiger partial charge in [-0.1, -0.05) is 48.2 Å². The van der Waals surface area contributed by atoms with Crippen LogP contribution in [0.5, 0.6) is 0 Å². The highest BCUT2D eigenvalue weighted by Crippen LogP contribution is 2.42. The molecule has 1 saturated heterocycles. The summed E-state index contributed by atoms with van der Waals surface area (Å²) in [6.45, 7) is 1.70. The molecule has 0 saturated carbocycles. The molecule has 0 radical (unpaired) electrons. The van der Waals surface area contributed by atoms with Crippen LogP contribution in [0, 0.1) is 16.7 Å². The standard InChI is InChI=1S/C21H15N5O2S/c1-13-16(12-22)18(23)25(14-8-4-2-5-9-14)21(29-13)17-19(27)24-26(20(17)28)15-10-6-3-7-11-15/h2-11,23H,1H3,(H,24,27)/b21-17+,23-18?. The molecule has 0 unspecified atom stereocenters. The lowest BCUT2D eigenvalue weighted by atomic mass is 10.1. The van der Waals surface area contributed by atoms with Crippen LogP contribution in [-0.2, 0) is 9.59 Å². The lowest BCUT2D eigenvalue weighted by Crippen LogP contribution is -2.36. The highest BCUT2D eigenvalue weighted by atomic mass is 32.2. The van der Waals surface area contributed by atoms with Crippen LogP contribution in [-0.4, -0.2) is 17.6 Å². The number of nitrogens with zero attached hydrogens (tertiary/aromatic N) is 3.